The second-order valence-electron chi connectivity index (χ2n) is 3.48. The van der Waals surface area contributed by atoms with Crippen LogP contribution in [0.1, 0.15) is 20.3 Å². The fourth-order valence-corrected chi connectivity index (χ4v) is 1.16. The summed E-state index contributed by atoms with van der Waals surface area (Å²) in [6.45, 7) is 4.27. The Morgan fingerprint density at radius 3 is 2.50 bits per heavy atom. The fourth-order valence-electron chi connectivity index (χ4n) is 1.16. The minimum absolute atomic E-state index is 0.163. The summed E-state index contributed by atoms with van der Waals surface area (Å²) in [6, 6.07) is -0.539. The zero-order chi connectivity index (χ0) is 12.6. The van der Waals surface area contributed by atoms with Crippen LogP contribution < -0.4 is 16.4 Å². The third-order valence-electron chi connectivity index (χ3n) is 2.13. The van der Waals surface area contributed by atoms with Crippen molar-refractivity contribution in [3.05, 3.63) is 0 Å². The monoisotopic (exact) mass is 231 g/mol. The van der Waals surface area contributed by atoms with Gasteiger partial charge in [0.2, 0.25) is 11.8 Å². The van der Waals surface area contributed by atoms with E-state index in [1.54, 1.807) is 6.92 Å². The summed E-state index contributed by atoms with van der Waals surface area (Å²) in [5, 5.41) is 5.20. The number of rotatable bonds is 7. The summed E-state index contributed by atoms with van der Waals surface area (Å²) in [7, 11) is 1.50. The van der Waals surface area contributed by atoms with Crippen molar-refractivity contribution in [1.29, 1.82) is 0 Å². The zero-order valence-corrected chi connectivity index (χ0v) is 10.1. The molecular weight excluding hydrogens is 210 g/mol. The van der Waals surface area contributed by atoms with E-state index >= 15 is 0 Å². The van der Waals surface area contributed by atoms with E-state index in [2.05, 4.69) is 10.6 Å². The van der Waals surface area contributed by atoms with Gasteiger partial charge in [0.15, 0.2) is 0 Å². The Hall–Kier alpha value is -1.14. The predicted octanol–water partition coefficient (Wildman–Crippen LogP) is -1.01. The average Bonchev–Trinajstić information content (AvgIpc) is 2.26. The molecule has 6 heteroatoms. The van der Waals surface area contributed by atoms with Crippen LogP contribution in [0, 0.1) is 0 Å². The van der Waals surface area contributed by atoms with Gasteiger partial charge in [0, 0.05) is 20.2 Å². The van der Waals surface area contributed by atoms with Gasteiger partial charge in [0.1, 0.15) is 6.04 Å². The smallest absolute Gasteiger partial charge is 0.242 e. The van der Waals surface area contributed by atoms with Gasteiger partial charge >= 0.3 is 0 Å². The van der Waals surface area contributed by atoms with Crippen LogP contribution in [0.3, 0.4) is 0 Å². The third-order valence-corrected chi connectivity index (χ3v) is 2.13. The van der Waals surface area contributed by atoms with Crippen molar-refractivity contribution in [1.82, 2.24) is 10.6 Å². The standard InChI is InChI=1S/C10H21N3O3/c1-4-12-10(15)7(2)13-9(14)5-8(6-11)16-3/h7-8H,4-6,11H2,1-3H3,(H,12,15)(H,13,14). The number of ether oxygens (including phenoxy) is 1. The van der Waals surface area contributed by atoms with Crippen molar-refractivity contribution >= 4 is 11.8 Å². The molecule has 0 bridgehead atoms. The highest BCUT2D eigenvalue weighted by Gasteiger charge is 2.17. The highest BCUT2D eigenvalue weighted by molar-refractivity contribution is 5.87. The topological polar surface area (TPSA) is 93.5 Å². The van der Waals surface area contributed by atoms with Crippen molar-refractivity contribution in [2.45, 2.75) is 32.4 Å². The summed E-state index contributed by atoms with van der Waals surface area (Å²) in [5.74, 6) is -0.436. The van der Waals surface area contributed by atoms with Crippen LogP contribution in [0.25, 0.3) is 0 Å². The highest BCUT2D eigenvalue weighted by atomic mass is 16.5. The van der Waals surface area contributed by atoms with Crippen LogP contribution in [0.2, 0.25) is 0 Å². The molecule has 6 nitrogen and oxygen atoms in total. The van der Waals surface area contributed by atoms with E-state index in [1.807, 2.05) is 6.92 Å². The maximum atomic E-state index is 11.5. The molecule has 4 N–H and O–H groups in total. The first-order valence-corrected chi connectivity index (χ1v) is 5.35. The summed E-state index contributed by atoms with van der Waals surface area (Å²) in [5.41, 5.74) is 5.39. The van der Waals surface area contributed by atoms with E-state index < -0.39 is 6.04 Å². The third kappa shape index (κ3) is 5.67. The van der Waals surface area contributed by atoms with Crippen LogP contribution >= 0.6 is 0 Å². The van der Waals surface area contributed by atoms with Gasteiger partial charge in [-0.1, -0.05) is 0 Å². The lowest BCUT2D eigenvalue weighted by molar-refractivity contribution is -0.129. The Morgan fingerprint density at radius 2 is 2.06 bits per heavy atom. The number of carbonyl (C=O) groups is 2. The lowest BCUT2D eigenvalue weighted by atomic mass is 10.2. The van der Waals surface area contributed by atoms with E-state index in [4.69, 9.17) is 10.5 Å². The molecule has 0 aromatic carbocycles. The van der Waals surface area contributed by atoms with Gasteiger partial charge < -0.3 is 21.1 Å². The fraction of sp³-hybridized carbons (Fsp3) is 0.800. The molecule has 0 heterocycles. The molecule has 2 amide bonds. The maximum absolute atomic E-state index is 11.5. The Balaban J connectivity index is 3.99. The second-order valence-corrected chi connectivity index (χ2v) is 3.48. The maximum Gasteiger partial charge on any atom is 0.242 e. The Bertz CT molecular complexity index is 229. The normalized spacial score (nSPS) is 14.0. The van der Waals surface area contributed by atoms with Crippen molar-refractivity contribution in [2.24, 2.45) is 5.73 Å². The van der Waals surface area contributed by atoms with Gasteiger partial charge in [-0.3, -0.25) is 9.59 Å². The molecule has 0 aromatic heterocycles. The van der Waals surface area contributed by atoms with Gasteiger partial charge in [-0.05, 0) is 13.8 Å². The summed E-state index contributed by atoms with van der Waals surface area (Å²) in [4.78, 5) is 22.8. The molecule has 0 aliphatic rings. The van der Waals surface area contributed by atoms with Crippen molar-refractivity contribution in [3.63, 3.8) is 0 Å². The number of carbonyl (C=O) groups excluding carboxylic acids is 2. The number of likely N-dealkylation sites (N-methyl/N-ethyl adjacent to an activating group) is 1. The highest BCUT2D eigenvalue weighted by Crippen LogP contribution is 1.95. The van der Waals surface area contributed by atoms with E-state index in [0.29, 0.717) is 6.54 Å². The molecule has 2 atom stereocenters. The predicted molar refractivity (Wildman–Crippen MR) is 60.8 cm³/mol. The lowest BCUT2D eigenvalue weighted by Gasteiger charge is -2.16. The van der Waals surface area contributed by atoms with E-state index in [-0.39, 0.29) is 30.9 Å². The van der Waals surface area contributed by atoms with Gasteiger partial charge in [0.05, 0.1) is 12.5 Å². The molecule has 0 aliphatic heterocycles. The van der Waals surface area contributed by atoms with Crippen LogP contribution in [0.15, 0.2) is 0 Å². The molecule has 0 aromatic rings. The van der Waals surface area contributed by atoms with Gasteiger partial charge in [-0.25, -0.2) is 0 Å². The second kappa shape index (κ2) is 8.06. The molecule has 0 spiro atoms. The van der Waals surface area contributed by atoms with Gasteiger partial charge in [-0.15, -0.1) is 0 Å². The molecule has 0 aliphatic carbocycles. The quantitative estimate of drug-likeness (QED) is 0.523. The minimum Gasteiger partial charge on any atom is -0.380 e. The summed E-state index contributed by atoms with van der Waals surface area (Å²) < 4.78 is 4.97. The lowest BCUT2D eigenvalue weighted by Crippen LogP contribution is -2.45. The largest absolute Gasteiger partial charge is 0.380 e. The van der Waals surface area contributed by atoms with E-state index in [1.165, 1.54) is 7.11 Å². The van der Waals surface area contributed by atoms with Crippen LogP contribution in [0.4, 0.5) is 0 Å². The number of nitrogens with one attached hydrogen (secondary N) is 2. The number of methoxy groups -OCH3 is 1. The van der Waals surface area contributed by atoms with E-state index in [0.717, 1.165) is 0 Å². The average molecular weight is 231 g/mol. The summed E-state index contributed by atoms with van der Waals surface area (Å²) >= 11 is 0. The van der Waals surface area contributed by atoms with Crippen LogP contribution in [0.5, 0.6) is 0 Å². The molecule has 0 saturated carbocycles. The molecule has 0 saturated heterocycles. The first kappa shape index (κ1) is 14.9. The first-order chi connectivity index (χ1) is 7.54. The van der Waals surface area contributed by atoms with Crippen molar-refractivity contribution in [2.75, 3.05) is 20.2 Å². The minimum atomic E-state index is -0.539. The van der Waals surface area contributed by atoms with Crippen LogP contribution in [-0.2, 0) is 14.3 Å². The van der Waals surface area contributed by atoms with E-state index in [9.17, 15) is 9.59 Å². The van der Waals surface area contributed by atoms with Crippen LogP contribution in [-0.4, -0.2) is 44.2 Å². The Kier molecular flexibility index (Phi) is 7.49. The number of hydrogen-bond donors (Lipinski definition) is 3. The molecule has 0 rings (SSSR count). The van der Waals surface area contributed by atoms with Gasteiger partial charge in [0.25, 0.3) is 0 Å². The molecule has 2 unspecified atom stereocenters. The Labute approximate surface area is 95.9 Å². The zero-order valence-electron chi connectivity index (χ0n) is 10.1. The van der Waals surface area contributed by atoms with Crippen molar-refractivity contribution in [3.8, 4) is 0 Å². The number of amides is 2. The number of hydrogen-bond acceptors (Lipinski definition) is 4. The van der Waals surface area contributed by atoms with Gasteiger partial charge in [-0.2, -0.15) is 0 Å². The molecule has 16 heavy (non-hydrogen) atoms. The molecule has 0 fully saturated rings. The Morgan fingerprint density at radius 1 is 1.44 bits per heavy atom. The first-order valence-electron chi connectivity index (χ1n) is 5.35. The number of nitrogens with two attached hydrogens (primary N) is 1. The summed E-state index contributed by atoms with van der Waals surface area (Å²) in [6.07, 6.45) is -0.141. The van der Waals surface area contributed by atoms with Crippen molar-refractivity contribution < 1.29 is 14.3 Å². The molecule has 0 radical (unpaired) electrons. The molecular formula is C10H21N3O3. The molecule has 94 valence electrons. The SMILES string of the molecule is CCNC(=O)C(C)NC(=O)CC(CN)OC.